The van der Waals surface area contributed by atoms with Crippen LogP contribution in [0.2, 0.25) is 0 Å². The number of hydrogen-bond donors (Lipinski definition) is 0. The molecular weight excluding hydrogens is 312 g/mol. The van der Waals surface area contributed by atoms with Gasteiger partial charge in [0, 0.05) is 30.7 Å². The van der Waals surface area contributed by atoms with Gasteiger partial charge in [-0.1, -0.05) is 0 Å². The molecule has 0 bridgehead atoms. The Bertz CT molecular complexity index is 827. The third-order valence-electron chi connectivity index (χ3n) is 3.62. The van der Waals surface area contributed by atoms with E-state index in [9.17, 15) is 23.3 Å². The number of fused-ring (bicyclic) bond motifs is 3. The highest BCUT2D eigenvalue weighted by Crippen LogP contribution is 2.46. The Morgan fingerprint density at radius 2 is 2.18 bits per heavy atom. The molecule has 0 unspecified atom stereocenters. The molecule has 0 saturated carbocycles. The fourth-order valence-electron chi connectivity index (χ4n) is 2.70. The van der Waals surface area contributed by atoms with E-state index in [-0.39, 0.29) is 41.4 Å². The number of non-ortho nitro benzene ring substituents is 1. The van der Waals surface area contributed by atoms with Gasteiger partial charge >= 0.3 is 5.97 Å². The zero-order valence-corrected chi connectivity index (χ0v) is 12.4. The van der Waals surface area contributed by atoms with Crippen LogP contribution in [0.25, 0.3) is 5.70 Å². The summed E-state index contributed by atoms with van der Waals surface area (Å²) in [6.07, 6.45) is 0.268. The third-order valence-corrected chi connectivity index (χ3v) is 5.46. The van der Waals surface area contributed by atoms with Crippen LogP contribution < -0.4 is 0 Å². The molecule has 116 valence electrons. The number of ether oxygens (including phenoxy) is 1. The SMILES string of the molecule is CCOC(=O)C1=C2c3ccc([N+](=O)[O-])cc3S(=O)(=O)N2CC1. The molecule has 2 aliphatic rings. The second kappa shape index (κ2) is 4.80. The Hall–Kier alpha value is -2.42. The van der Waals surface area contributed by atoms with Crippen molar-refractivity contribution >= 4 is 27.4 Å². The molecule has 0 N–H and O–H groups in total. The average molecular weight is 324 g/mol. The number of sulfonamides is 1. The maximum absolute atomic E-state index is 12.5. The molecule has 0 atom stereocenters. The van der Waals surface area contributed by atoms with E-state index in [1.165, 1.54) is 12.1 Å². The van der Waals surface area contributed by atoms with E-state index in [0.717, 1.165) is 10.4 Å². The van der Waals surface area contributed by atoms with Crippen LogP contribution in [0.15, 0.2) is 28.7 Å². The van der Waals surface area contributed by atoms with Gasteiger partial charge in [-0.25, -0.2) is 13.2 Å². The summed E-state index contributed by atoms with van der Waals surface area (Å²) >= 11 is 0. The topological polar surface area (TPSA) is 107 Å². The largest absolute Gasteiger partial charge is 0.463 e. The number of nitro benzene ring substituents is 1. The lowest BCUT2D eigenvalue weighted by Crippen LogP contribution is -2.21. The van der Waals surface area contributed by atoms with Crippen LogP contribution in [-0.2, 0) is 19.6 Å². The van der Waals surface area contributed by atoms with Gasteiger partial charge < -0.3 is 4.74 Å². The molecule has 3 rings (SSSR count). The zero-order valence-electron chi connectivity index (χ0n) is 11.6. The number of esters is 1. The standard InChI is InChI=1S/C13H12N2O6S/c1-2-21-13(16)10-5-6-14-12(10)9-4-3-8(15(17)18)7-11(9)22(14,19)20/h3-4,7H,2,5-6H2,1H3. The Labute approximate surface area is 126 Å². The van der Waals surface area contributed by atoms with Crippen molar-refractivity contribution in [1.29, 1.82) is 0 Å². The van der Waals surface area contributed by atoms with Gasteiger partial charge in [-0.15, -0.1) is 0 Å². The lowest BCUT2D eigenvalue weighted by Gasteiger charge is -2.11. The number of rotatable bonds is 3. The van der Waals surface area contributed by atoms with Crippen LogP contribution in [0.5, 0.6) is 0 Å². The summed E-state index contributed by atoms with van der Waals surface area (Å²) in [6.45, 7) is 1.99. The molecule has 1 aromatic rings. The molecule has 9 heteroatoms. The first-order valence-electron chi connectivity index (χ1n) is 6.59. The van der Waals surface area contributed by atoms with Crippen LogP contribution in [0.3, 0.4) is 0 Å². The first-order chi connectivity index (χ1) is 10.4. The third kappa shape index (κ3) is 1.89. The summed E-state index contributed by atoms with van der Waals surface area (Å²) in [7, 11) is -3.86. The Kier molecular flexibility index (Phi) is 3.17. The Balaban J connectivity index is 2.22. The fraction of sp³-hybridized carbons (Fsp3) is 0.308. The van der Waals surface area contributed by atoms with Gasteiger partial charge in [0.2, 0.25) is 0 Å². The number of carbonyl (C=O) groups excluding carboxylic acids is 1. The molecule has 2 heterocycles. The maximum atomic E-state index is 12.5. The van der Waals surface area contributed by atoms with Crippen LogP contribution in [0.1, 0.15) is 18.9 Å². The Morgan fingerprint density at radius 1 is 1.45 bits per heavy atom. The van der Waals surface area contributed by atoms with Gasteiger partial charge in [0.25, 0.3) is 15.7 Å². The second-order valence-electron chi connectivity index (χ2n) is 4.81. The molecule has 0 aromatic heterocycles. The molecule has 0 aliphatic carbocycles. The van der Waals surface area contributed by atoms with E-state index in [0.29, 0.717) is 5.56 Å². The van der Waals surface area contributed by atoms with E-state index in [2.05, 4.69) is 0 Å². The quantitative estimate of drug-likeness (QED) is 0.471. The monoisotopic (exact) mass is 324 g/mol. The van der Waals surface area contributed by atoms with Crippen molar-refractivity contribution in [3.05, 3.63) is 39.4 Å². The molecule has 0 fully saturated rings. The molecule has 0 saturated heterocycles. The normalized spacial score (nSPS) is 18.1. The van der Waals surface area contributed by atoms with Gasteiger partial charge in [-0.05, 0) is 13.0 Å². The first kappa shape index (κ1) is 14.5. The summed E-state index contributed by atoms with van der Waals surface area (Å²) < 4.78 is 31.0. The molecule has 0 amide bonds. The van der Waals surface area contributed by atoms with Crippen LogP contribution in [0, 0.1) is 10.1 Å². The number of carbonyl (C=O) groups is 1. The van der Waals surface area contributed by atoms with Crippen molar-refractivity contribution in [2.45, 2.75) is 18.2 Å². The van der Waals surface area contributed by atoms with Crippen molar-refractivity contribution in [3.8, 4) is 0 Å². The summed E-state index contributed by atoms with van der Waals surface area (Å²) in [6, 6.07) is 3.62. The molecule has 8 nitrogen and oxygen atoms in total. The minimum atomic E-state index is -3.86. The van der Waals surface area contributed by atoms with E-state index in [1.54, 1.807) is 6.92 Å². The summed E-state index contributed by atoms with van der Waals surface area (Å²) in [4.78, 5) is 22.0. The molecule has 1 aromatic carbocycles. The minimum Gasteiger partial charge on any atom is -0.463 e. The highest BCUT2D eigenvalue weighted by Gasteiger charge is 2.45. The van der Waals surface area contributed by atoms with Gasteiger partial charge in [0.1, 0.15) is 4.90 Å². The minimum absolute atomic E-state index is 0.133. The van der Waals surface area contributed by atoms with Crippen molar-refractivity contribution in [2.75, 3.05) is 13.2 Å². The highest BCUT2D eigenvalue weighted by atomic mass is 32.2. The lowest BCUT2D eigenvalue weighted by molar-refractivity contribution is -0.385. The average Bonchev–Trinajstić information content (AvgIpc) is 2.99. The van der Waals surface area contributed by atoms with Crippen molar-refractivity contribution < 1.29 is 22.9 Å². The molecule has 22 heavy (non-hydrogen) atoms. The number of benzene rings is 1. The second-order valence-corrected chi connectivity index (χ2v) is 6.64. The fourth-order valence-corrected chi connectivity index (χ4v) is 4.43. The highest BCUT2D eigenvalue weighted by molar-refractivity contribution is 7.90. The predicted octanol–water partition coefficient (Wildman–Crippen LogP) is 1.28. The van der Waals surface area contributed by atoms with Gasteiger partial charge in [-0.2, -0.15) is 0 Å². The smallest absolute Gasteiger partial charge is 0.336 e. The van der Waals surface area contributed by atoms with E-state index < -0.39 is 20.9 Å². The van der Waals surface area contributed by atoms with Gasteiger partial charge in [0.15, 0.2) is 0 Å². The number of hydrogen-bond acceptors (Lipinski definition) is 6. The zero-order chi connectivity index (χ0) is 16.1. The number of nitrogens with zero attached hydrogens (tertiary/aromatic N) is 2. The Morgan fingerprint density at radius 3 is 2.82 bits per heavy atom. The van der Waals surface area contributed by atoms with Crippen LogP contribution in [0.4, 0.5) is 5.69 Å². The number of nitro groups is 1. The van der Waals surface area contributed by atoms with E-state index in [1.807, 2.05) is 0 Å². The summed E-state index contributed by atoms with van der Waals surface area (Å²) in [5.41, 5.74) is 0.578. The first-order valence-corrected chi connectivity index (χ1v) is 8.03. The van der Waals surface area contributed by atoms with Crippen LogP contribution >= 0.6 is 0 Å². The van der Waals surface area contributed by atoms with Crippen molar-refractivity contribution in [1.82, 2.24) is 4.31 Å². The van der Waals surface area contributed by atoms with Crippen molar-refractivity contribution in [2.24, 2.45) is 0 Å². The molecule has 2 aliphatic heterocycles. The van der Waals surface area contributed by atoms with Crippen LogP contribution in [-0.4, -0.2) is 36.8 Å². The van der Waals surface area contributed by atoms with E-state index >= 15 is 0 Å². The van der Waals surface area contributed by atoms with Gasteiger partial charge in [0.05, 0.1) is 22.8 Å². The molecular formula is C13H12N2O6S. The maximum Gasteiger partial charge on any atom is 0.336 e. The van der Waals surface area contributed by atoms with Gasteiger partial charge in [-0.3, -0.25) is 14.4 Å². The van der Waals surface area contributed by atoms with E-state index in [4.69, 9.17) is 4.74 Å². The lowest BCUT2D eigenvalue weighted by atomic mass is 10.1. The summed E-state index contributed by atoms with van der Waals surface area (Å²) in [5, 5.41) is 10.8. The van der Waals surface area contributed by atoms with Crippen molar-refractivity contribution in [3.63, 3.8) is 0 Å². The predicted molar refractivity (Wildman–Crippen MR) is 75.2 cm³/mol. The summed E-state index contributed by atoms with van der Waals surface area (Å²) in [5.74, 6) is -0.554. The molecule has 0 radical (unpaired) electrons. The molecule has 0 spiro atoms.